The molecular formula is C15H22N4O. The fourth-order valence-electron chi connectivity index (χ4n) is 2.21. The van der Waals surface area contributed by atoms with E-state index in [1.165, 1.54) is 5.56 Å². The molecule has 0 bridgehead atoms. The van der Waals surface area contributed by atoms with Crippen LogP contribution in [0.15, 0.2) is 42.7 Å². The molecule has 3 N–H and O–H groups in total. The monoisotopic (exact) mass is 274 g/mol. The quantitative estimate of drug-likeness (QED) is 0.748. The highest BCUT2D eigenvalue weighted by Gasteiger charge is 2.08. The maximum atomic E-state index is 8.90. The molecule has 1 aromatic heterocycles. The summed E-state index contributed by atoms with van der Waals surface area (Å²) in [6.45, 7) is 3.83. The fraction of sp³-hybridized carbons (Fsp3) is 0.400. The highest BCUT2D eigenvalue weighted by atomic mass is 16.3. The van der Waals surface area contributed by atoms with Gasteiger partial charge in [-0.25, -0.2) is 0 Å². The Morgan fingerprint density at radius 3 is 2.60 bits per heavy atom. The van der Waals surface area contributed by atoms with Crippen molar-refractivity contribution < 1.29 is 5.11 Å². The maximum Gasteiger partial charge on any atom is 0.0640 e. The second-order valence-electron chi connectivity index (χ2n) is 4.82. The predicted molar refractivity (Wildman–Crippen MR) is 78.9 cm³/mol. The molecule has 0 saturated heterocycles. The van der Waals surface area contributed by atoms with Crippen LogP contribution in [0.5, 0.6) is 0 Å². The Morgan fingerprint density at radius 2 is 1.90 bits per heavy atom. The van der Waals surface area contributed by atoms with E-state index in [0.717, 1.165) is 25.2 Å². The number of rotatable bonds is 8. The van der Waals surface area contributed by atoms with Gasteiger partial charge in [-0.2, -0.15) is 5.10 Å². The number of nitrogens with zero attached hydrogens (tertiary/aromatic N) is 3. The summed E-state index contributed by atoms with van der Waals surface area (Å²) in [5.74, 6) is 0. The van der Waals surface area contributed by atoms with Gasteiger partial charge in [0.15, 0.2) is 0 Å². The normalized spacial score (nSPS) is 11.2. The second-order valence-corrected chi connectivity index (χ2v) is 4.82. The minimum atomic E-state index is 0.109. The molecule has 1 aromatic carbocycles. The fourth-order valence-corrected chi connectivity index (χ4v) is 2.21. The molecule has 2 rings (SSSR count). The molecule has 0 aliphatic carbocycles. The van der Waals surface area contributed by atoms with Crippen LogP contribution in [0, 0.1) is 0 Å². The third-order valence-corrected chi connectivity index (χ3v) is 3.12. The molecule has 0 saturated carbocycles. The zero-order valence-corrected chi connectivity index (χ0v) is 11.7. The third-order valence-electron chi connectivity index (χ3n) is 3.12. The Kier molecular flexibility index (Phi) is 5.73. The van der Waals surface area contributed by atoms with Gasteiger partial charge < -0.3 is 10.8 Å². The topological polar surface area (TPSA) is 67.3 Å². The average Bonchev–Trinajstić information content (AvgIpc) is 2.88. The first-order valence-electron chi connectivity index (χ1n) is 6.90. The van der Waals surface area contributed by atoms with Crippen molar-refractivity contribution in [3.63, 3.8) is 0 Å². The molecule has 0 atom stereocenters. The van der Waals surface area contributed by atoms with E-state index < -0.39 is 0 Å². The van der Waals surface area contributed by atoms with Gasteiger partial charge in [-0.15, -0.1) is 0 Å². The lowest BCUT2D eigenvalue weighted by molar-refractivity contribution is 0.262. The third kappa shape index (κ3) is 4.45. The number of aromatic nitrogens is 2. The van der Waals surface area contributed by atoms with Gasteiger partial charge in [-0.3, -0.25) is 9.58 Å². The SMILES string of the molecule is NCCN(Cc1ccccc1)Cc1cnn(CCO)c1. The van der Waals surface area contributed by atoms with Crippen molar-refractivity contribution in [3.8, 4) is 0 Å². The van der Waals surface area contributed by atoms with E-state index in [4.69, 9.17) is 10.8 Å². The van der Waals surface area contributed by atoms with Crippen LogP contribution < -0.4 is 5.73 Å². The van der Waals surface area contributed by atoms with Crippen molar-refractivity contribution >= 4 is 0 Å². The van der Waals surface area contributed by atoms with Crippen molar-refractivity contribution in [2.75, 3.05) is 19.7 Å². The van der Waals surface area contributed by atoms with Crippen LogP contribution in [-0.2, 0) is 19.6 Å². The molecule has 1 heterocycles. The Labute approximate surface area is 119 Å². The van der Waals surface area contributed by atoms with Gasteiger partial charge in [0.05, 0.1) is 19.3 Å². The van der Waals surface area contributed by atoms with E-state index in [-0.39, 0.29) is 6.61 Å². The van der Waals surface area contributed by atoms with Crippen LogP contribution in [0.25, 0.3) is 0 Å². The Morgan fingerprint density at radius 1 is 1.15 bits per heavy atom. The number of benzene rings is 1. The number of aliphatic hydroxyl groups is 1. The van der Waals surface area contributed by atoms with Crippen molar-refractivity contribution in [3.05, 3.63) is 53.9 Å². The molecule has 0 radical (unpaired) electrons. The zero-order chi connectivity index (χ0) is 14.2. The first-order chi connectivity index (χ1) is 9.81. The maximum absolute atomic E-state index is 8.90. The van der Waals surface area contributed by atoms with Gasteiger partial charge in [0, 0.05) is 37.9 Å². The van der Waals surface area contributed by atoms with Crippen molar-refractivity contribution in [1.82, 2.24) is 14.7 Å². The van der Waals surface area contributed by atoms with Crippen LogP contribution in [0.2, 0.25) is 0 Å². The lowest BCUT2D eigenvalue weighted by atomic mass is 10.2. The van der Waals surface area contributed by atoms with Gasteiger partial charge >= 0.3 is 0 Å². The van der Waals surface area contributed by atoms with Gasteiger partial charge in [0.25, 0.3) is 0 Å². The lowest BCUT2D eigenvalue weighted by Crippen LogP contribution is -2.28. The molecule has 0 aliphatic rings. The molecule has 2 aromatic rings. The number of hydrogen-bond donors (Lipinski definition) is 2. The molecule has 0 aliphatic heterocycles. The summed E-state index contributed by atoms with van der Waals surface area (Å²) in [7, 11) is 0. The number of hydrogen-bond acceptors (Lipinski definition) is 4. The van der Waals surface area contributed by atoms with E-state index in [1.54, 1.807) is 4.68 Å². The summed E-state index contributed by atoms with van der Waals surface area (Å²) in [6, 6.07) is 10.4. The zero-order valence-electron chi connectivity index (χ0n) is 11.7. The van der Waals surface area contributed by atoms with Gasteiger partial charge in [0.1, 0.15) is 0 Å². The van der Waals surface area contributed by atoms with Crippen molar-refractivity contribution in [2.45, 2.75) is 19.6 Å². The molecule has 0 spiro atoms. The van der Waals surface area contributed by atoms with Crippen molar-refractivity contribution in [2.24, 2.45) is 5.73 Å². The highest BCUT2D eigenvalue weighted by Crippen LogP contribution is 2.09. The summed E-state index contributed by atoms with van der Waals surface area (Å²) >= 11 is 0. The first-order valence-corrected chi connectivity index (χ1v) is 6.90. The molecule has 108 valence electrons. The minimum Gasteiger partial charge on any atom is -0.394 e. The number of aliphatic hydroxyl groups excluding tert-OH is 1. The first kappa shape index (κ1) is 14.7. The Bertz CT molecular complexity index is 498. The number of nitrogens with two attached hydrogens (primary N) is 1. The van der Waals surface area contributed by atoms with Crippen LogP contribution in [0.4, 0.5) is 0 Å². The summed E-state index contributed by atoms with van der Waals surface area (Å²) in [4.78, 5) is 2.30. The van der Waals surface area contributed by atoms with E-state index in [2.05, 4.69) is 34.3 Å². The van der Waals surface area contributed by atoms with E-state index in [9.17, 15) is 0 Å². The lowest BCUT2D eigenvalue weighted by Gasteiger charge is -2.20. The molecule has 0 fully saturated rings. The summed E-state index contributed by atoms with van der Waals surface area (Å²) in [6.07, 6.45) is 3.83. The Balaban J connectivity index is 1.97. The largest absolute Gasteiger partial charge is 0.394 e. The van der Waals surface area contributed by atoms with Crippen LogP contribution in [0.3, 0.4) is 0 Å². The van der Waals surface area contributed by atoms with Gasteiger partial charge in [-0.05, 0) is 5.56 Å². The summed E-state index contributed by atoms with van der Waals surface area (Å²) in [5.41, 5.74) is 8.12. The van der Waals surface area contributed by atoms with Gasteiger partial charge in [-0.1, -0.05) is 30.3 Å². The average molecular weight is 274 g/mol. The van der Waals surface area contributed by atoms with Crippen LogP contribution >= 0.6 is 0 Å². The standard InChI is InChI=1S/C15H22N4O/c16-6-7-18(11-14-4-2-1-3-5-14)12-15-10-17-19(13-15)8-9-20/h1-5,10,13,20H,6-9,11-12,16H2. The van der Waals surface area contributed by atoms with Crippen LogP contribution in [-0.4, -0.2) is 39.5 Å². The molecule has 5 heteroatoms. The molecule has 20 heavy (non-hydrogen) atoms. The Hall–Kier alpha value is -1.69. The van der Waals surface area contributed by atoms with E-state index in [1.807, 2.05) is 18.5 Å². The van der Waals surface area contributed by atoms with E-state index in [0.29, 0.717) is 13.1 Å². The molecule has 5 nitrogen and oxygen atoms in total. The highest BCUT2D eigenvalue weighted by molar-refractivity contribution is 5.15. The summed E-state index contributed by atoms with van der Waals surface area (Å²) < 4.78 is 1.76. The molecule has 0 unspecified atom stereocenters. The predicted octanol–water partition coefficient (Wildman–Crippen LogP) is 0.836. The van der Waals surface area contributed by atoms with Crippen LogP contribution in [0.1, 0.15) is 11.1 Å². The minimum absolute atomic E-state index is 0.109. The molecule has 0 amide bonds. The molecular weight excluding hydrogens is 252 g/mol. The second kappa shape index (κ2) is 7.79. The van der Waals surface area contributed by atoms with Gasteiger partial charge in [0.2, 0.25) is 0 Å². The smallest absolute Gasteiger partial charge is 0.0640 e. The summed E-state index contributed by atoms with van der Waals surface area (Å²) in [5, 5.41) is 13.1. The van der Waals surface area contributed by atoms with Crippen molar-refractivity contribution in [1.29, 1.82) is 0 Å². The van der Waals surface area contributed by atoms with E-state index >= 15 is 0 Å².